The Hall–Kier alpha value is -4.55. The number of hydrogen-bond acceptors (Lipinski definition) is 3. The maximum absolute atomic E-state index is 12.9. The first-order chi connectivity index (χ1) is 18.4. The van der Waals surface area contributed by atoms with E-state index in [1.54, 1.807) is 18.2 Å². The molecule has 38 heavy (non-hydrogen) atoms. The molecule has 0 aliphatic rings. The van der Waals surface area contributed by atoms with E-state index in [2.05, 4.69) is 10.3 Å². The van der Waals surface area contributed by atoms with E-state index in [9.17, 15) is 14.7 Å². The second-order valence-electron chi connectivity index (χ2n) is 8.98. The summed E-state index contributed by atoms with van der Waals surface area (Å²) in [6, 6.07) is 31.0. The van der Waals surface area contributed by atoms with Crippen molar-refractivity contribution in [2.24, 2.45) is 0 Å². The molecule has 1 amide bonds. The fourth-order valence-corrected chi connectivity index (χ4v) is 4.33. The second-order valence-corrected chi connectivity index (χ2v) is 9.42. The molecular formula is C31H25ClN2O4. The minimum atomic E-state index is -1.11. The van der Waals surface area contributed by atoms with Gasteiger partial charge < -0.3 is 20.1 Å². The highest BCUT2D eigenvalue weighted by atomic mass is 35.5. The van der Waals surface area contributed by atoms with Crippen LogP contribution in [0.25, 0.3) is 22.0 Å². The number of amides is 1. The zero-order valence-electron chi connectivity index (χ0n) is 20.4. The predicted molar refractivity (Wildman–Crippen MR) is 149 cm³/mol. The summed E-state index contributed by atoms with van der Waals surface area (Å²) < 4.78 is 5.80. The van der Waals surface area contributed by atoms with Crippen molar-refractivity contribution in [1.82, 2.24) is 10.3 Å². The Balaban J connectivity index is 1.24. The summed E-state index contributed by atoms with van der Waals surface area (Å²) in [5, 5.41) is 13.9. The Morgan fingerprint density at radius 1 is 0.842 bits per heavy atom. The second kappa shape index (κ2) is 11.2. The van der Waals surface area contributed by atoms with Crippen LogP contribution in [-0.2, 0) is 17.8 Å². The van der Waals surface area contributed by atoms with Gasteiger partial charge in [-0.2, -0.15) is 0 Å². The minimum absolute atomic E-state index is 0.140. The number of carbonyl (C=O) groups is 2. The van der Waals surface area contributed by atoms with E-state index in [4.69, 9.17) is 16.3 Å². The number of hydrogen-bond donors (Lipinski definition) is 3. The minimum Gasteiger partial charge on any atom is -0.489 e. The molecule has 0 saturated heterocycles. The van der Waals surface area contributed by atoms with Crippen LogP contribution in [0.2, 0.25) is 5.02 Å². The third kappa shape index (κ3) is 6.05. The molecule has 190 valence electrons. The molecule has 0 aliphatic carbocycles. The van der Waals surface area contributed by atoms with Gasteiger partial charge in [0.25, 0.3) is 5.91 Å². The highest BCUT2D eigenvalue weighted by Crippen LogP contribution is 2.26. The van der Waals surface area contributed by atoms with E-state index in [0.717, 1.165) is 33.2 Å². The molecule has 0 aliphatic heterocycles. The lowest BCUT2D eigenvalue weighted by Crippen LogP contribution is -2.42. The number of aliphatic carboxylic acids is 1. The molecule has 4 aromatic carbocycles. The van der Waals surface area contributed by atoms with Crippen molar-refractivity contribution in [1.29, 1.82) is 0 Å². The summed E-state index contributed by atoms with van der Waals surface area (Å²) in [7, 11) is 0. The average Bonchev–Trinajstić information content (AvgIpc) is 3.37. The van der Waals surface area contributed by atoms with Gasteiger partial charge in [-0.3, -0.25) is 4.79 Å². The van der Waals surface area contributed by atoms with Gasteiger partial charge in [-0.25, -0.2) is 4.79 Å². The first-order valence-corrected chi connectivity index (χ1v) is 12.5. The number of ether oxygens (including phenoxy) is 1. The van der Waals surface area contributed by atoms with Crippen molar-refractivity contribution in [3.05, 3.63) is 125 Å². The summed E-state index contributed by atoms with van der Waals surface area (Å²) in [4.78, 5) is 28.0. The third-order valence-electron chi connectivity index (χ3n) is 6.26. The quantitative estimate of drug-likeness (QED) is 0.205. The number of halogens is 1. The van der Waals surface area contributed by atoms with Gasteiger partial charge in [-0.1, -0.05) is 78.3 Å². The lowest BCUT2D eigenvalue weighted by Gasteiger charge is -2.14. The Bertz CT molecular complexity index is 1560. The summed E-state index contributed by atoms with van der Waals surface area (Å²) in [5.74, 6) is -0.905. The van der Waals surface area contributed by atoms with Gasteiger partial charge in [-0.05, 0) is 58.7 Å². The maximum atomic E-state index is 12.9. The lowest BCUT2D eigenvalue weighted by atomic mass is 10.0. The van der Waals surface area contributed by atoms with Crippen LogP contribution >= 0.6 is 11.6 Å². The molecule has 0 radical (unpaired) electrons. The third-order valence-corrected chi connectivity index (χ3v) is 6.51. The number of rotatable bonds is 9. The Morgan fingerprint density at radius 2 is 1.55 bits per heavy atom. The molecule has 0 bridgehead atoms. The van der Waals surface area contributed by atoms with E-state index >= 15 is 0 Å². The zero-order chi connectivity index (χ0) is 26.5. The van der Waals surface area contributed by atoms with Gasteiger partial charge in [-0.15, -0.1) is 0 Å². The Morgan fingerprint density at radius 3 is 2.26 bits per heavy atom. The van der Waals surface area contributed by atoms with Gasteiger partial charge in [0.2, 0.25) is 0 Å². The van der Waals surface area contributed by atoms with Crippen LogP contribution in [0.15, 0.2) is 103 Å². The van der Waals surface area contributed by atoms with Crippen LogP contribution in [-0.4, -0.2) is 28.0 Å². The number of carbonyl (C=O) groups excluding carboxylic acids is 1. The molecule has 1 aromatic heterocycles. The molecule has 1 atom stereocenters. The molecule has 0 fully saturated rings. The Kier molecular flexibility index (Phi) is 7.43. The van der Waals surface area contributed by atoms with Crippen LogP contribution in [0.1, 0.15) is 21.6 Å². The van der Waals surface area contributed by atoms with E-state index in [1.807, 2.05) is 84.9 Å². The first-order valence-electron chi connectivity index (χ1n) is 12.1. The SMILES string of the molecule is O=C(N[C@@H](Cc1ccc(OCc2ccccc2)cc1)C(=O)O)c1cc2ccc(-c3ccc(Cl)cc3)cc2[nH]1. The van der Waals surface area contributed by atoms with E-state index < -0.39 is 17.9 Å². The summed E-state index contributed by atoms with van der Waals surface area (Å²) >= 11 is 5.99. The van der Waals surface area contributed by atoms with Crippen molar-refractivity contribution in [3.8, 4) is 16.9 Å². The summed E-state index contributed by atoms with van der Waals surface area (Å²) in [5.41, 5.74) is 4.88. The smallest absolute Gasteiger partial charge is 0.326 e. The monoisotopic (exact) mass is 524 g/mol. The normalized spacial score (nSPS) is 11.7. The molecule has 0 spiro atoms. The van der Waals surface area contributed by atoms with Crippen LogP contribution in [0, 0.1) is 0 Å². The topological polar surface area (TPSA) is 91.4 Å². The van der Waals surface area contributed by atoms with Crippen molar-refractivity contribution < 1.29 is 19.4 Å². The Labute approximate surface area is 224 Å². The van der Waals surface area contributed by atoms with Crippen molar-refractivity contribution >= 4 is 34.4 Å². The first kappa shape index (κ1) is 25.1. The van der Waals surface area contributed by atoms with Crippen LogP contribution in [0.5, 0.6) is 5.75 Å². The largest absolute Gasteiger partial charge is 0.489 e. The number of carboxylic acids is 1. The maximum Gasteiger partial charge on any atom is 0.326 e. The predicted octanol–water partition coefficient (Wildman–Crippen LogP) is 6.49. The number of aromatic nitrogens is 1. The van der Waals surface area contributed by atoms with Gasteiger partial charge in [0.05, 0.1) is 0 Å². The van der Waals surface area contributed by atoms with E-state index in [1.165, 1.54) is 0 Å². The molecule has 5 aromatic rings. The highest BCUT2D eigenvalue weighted by Gasteiger charge is 2.22. The average molecular weight is 525 g/mol. The van der Waals surface area contributed by atoms with Crippen molar-refractivity contribution in [2.75, 3.05) is 0 Å². The summed E-state index contributed by atoms with van der Waals surface area (Å²) in [6.07, 6.45) is 0.140. The number of fused-ring (bicyclic) bond motifs is 1. The van der Waals surface area contributed by atoms with Crippen LogP contribution in [0.4, 0.5) is 0 Å². The molecule has 3 N–H and O–H groups in total. The van der Waals surface area contributed by atoms with E-state index in [-0.39, 0.29) is 6.42 Å². The van der Waals surface area contributed by atoms with Crippen LogP contribution < -0.4 is 10.1 Å². The zero-order valence-corrected chi connectivity index (χ0v) is 21.1. The highest BCUT2D eigenvalue weighted by molar-refractivity contribution is 6.30. The molecule has 6 nitrogen and oxygen atoms in total. The number of benzene rings is 4. The van der Waals surface area contributed by atoms with Gasteiger partial charge >= 0.3 is 5.97 Å². The molecule has 5 rings (SSSR count). The summed E-state index contributed by atoms with van der Waals surface area (Å²) in [6.45, 7) is 0.444. The van der Waals surface area contributed by atoms with Crippen LogP contribution in [0.3, 0.4) is 0 Å². The van der Waals surface area contributed by atoms with Gasteiger partial charge in [0.15, 0.2) is 0 Å². The number of H-pyrrole nitrogens is 1. The van der Waals surface area contributed by atoms with Gasteiger partial charge in [0.1, 0.15) is 24.1 Å². The molecule has 7 heteroatoms. The van der Waals surface area contributed by atoms with Gasteiger partial charge in [0, 0.05) is 22.3 Å². The molecule has 1 heterocycles. The number of carboxylic acid groups (broad SMARTS) is 1. The standard InChI is InChI=1S/C31H25ClN2O4/c32-25-12-10-22(11-13-25)23-8-9-24-18-28(33-27(24)17-23)30(35)34-29(31(36)37)16-20-6-14-26(15-7-20)38-19-21-4-2-1-3-5-21/h1-15,17-18,29,33H,16,19H2,(H,34,35)(H,36,37)/t29-/m0/s1. The fourth-order valence-electron chi connectivity index (χ4n) is 4.21. The molecular weight excluding hydrogens is 500 g/mol. The number of aromatic amines is 1. The lowest BCUT2D eigenvalue weighted by molar-refractivity contribution is -0.139. The number of nitrogens with one attached hydrogen (secondary N) is 2. The van der Waals surface area contributed by atoms with Crippen molar-refractivity contribution in [3.63, 3.8) is 0 Å². The fraction of sp³-hybridized carbons (Fsp3) is 0.0968. The van der Waals surface area contributed by atoms with E-state index in [0.29, 0.717) is 23.1 Å². The van der Waals surface area contributed by atoms with Crippen molar-refractivity contribution in [2.45, 2.75) is 19.1 Å². The molecule has 0 unspecified atom stereocenters. The molecule has 0 saturated carbocycles.